The molecule has 2 aromatic heterocycles. The Bertz CT molecular complexity index is 799. The SMILES string of the molecule is Cn1nc(-c2cc(Cl)ccc2I)c(-c2cccnc2)c1N. The molecule has 0 unspecified atom stereocenters. The number of nitrogen functional groups attached to an aromatic ring is 1. The fraction of sp³-hybridized carbons (Fsp3) is 0.0667. The Morgan fingerprint density at radius 2 is 2.10 bits per heavy atom. The highest BCUT2D eigenvalue weighted by Crippen LogP contribution is 2.38. The average molecular weight is 411 g/mol. The van der Waals surface area contributed by atoms with E-state index >= 15 is 0 Å². The summed E-state index contributed by atoms with van der Waals surface area (Å²) in [7, 11) is 1.83. The van der Waals surface area contributed by atoms with Crippen LogP contribution in [-0.2, 0) is 7.05 Å². The van der Waals surface area contributed by atoms with Crippen LogP contribution in [0, 0.1) is 3.57 Å². The molecule has 3 rings (SSSR count). The normalized spacial score (nSPS) is 10.8. The molecule has 0 saturated heterocycles. The summed E-state index contributed by atoms with van der Waals surface area (Å²) in [5.74, 6) is 0.605. The predicted octanol–water partition coefficient (Wildman–Crippen LogP) is 3.99. The number of aromatic nitrogens is 3. The summed E-state index contributed by atoms with van der Waals surface area (Å²) in [4.78, 5) is 4.17. The minimum Gasteiger partial charge on any atom is -0.383 e. The molecular weight excluding hydrogens is 399 g/mol. The first kappa shape index (κ1) is 14.3. The molecule has 1 aromatic carbocycles. The molecule has 0 amide bonds. The standard InChI is InChI=1S/C15H12ClIN4/c1-21-15(18)13(9-3-2-6-19-8-9)14(20-21)11-7-10(16)4-5-12(11)17/h2-8H,18H2,1H3. The Kier molecular flexibility index (Phi) is 3.86. The largest absolute Gasteiger partial charge is 0.383 e. The van der Waals surface area contributed by atoms with Gasteiger partial charge in [0.25, 0.3) is 0 Å². The van der Waals surface area contributed by atoms with E-state index in [1.54, 1.807) is 17.1 Å². The van der Waals surface area contributed by atoms with Crippen molar-refractivity contribution < 1.29 is 0 Å². The van der Waals surface area contributed by atoms with E-state index < -0.39 is 0 Å². The van der Waals surface area contributed by atoms with Crippen LogP contribution in [0.15, 0.2) is 42.7 Å². The molecule has 106 valence electrons. The van der Waals surface area contributed by atoms with Gasteiger partial charge in [-0.05, 0) is 46.9 Å². The number of anilines is 1. The number of aryl methyl sites for hydroxylation is 1. The average Bonchev–Trinajstić information content (AvgIpc) is 2.78. The monoisotopic (exact) mass is 410 g/mol. The summed E-state index contributed by atoms with van der Waals surface area (Å²) >= 11 is 8.40. The smallest absolute Gasteiger partial charge is 0.129 e. The van der Waals surface area contributed by atoms with Gasteiger partial charge < -0.3 is 5.73 Å². The second-order valence-corrected chi connectivity index (χ2v) is 6.20. The Balaban J connectivity index is 2.29. The summed E-state index contributed by atoms with van der Waals surface area (Å²) in [6.45, 7) is 0. The minimum atomic E-state index is 0.605. The second kappa shape index (κ2) is 5.65. The fourth-order valence-electron chi connectivity index (χ4n) is 2.20. The third-order valence-corrected chi connectivity index (χ3v) is 4.40. The number of nitrogens with zero attached hydrogens (tertiary/aromatic N) is 3. The lowest BCUT2D eigenvalue weighted by Crippen LogP contribution is -1.98. The minimum absolute atomic E-state index is 0.605. The van der Waals surface area contributed by atoms with Gasteiger partial charge in [0, 0.05) is 39.2 Å². The van der Waals surface area contributed by atoms with Gasteiger partial charge in [-0.1, -0.05) is 17.7 Å². The van der Waals surface area contributed by atoms with Gasteiger partial charge in [-0.2, -0.15) is 5.10 Å². The Morgan fingerprint density at radius 3 is 2.81 bits per heavy atom. The third-order valence-electron chi connectivity index (χ3n) is 3.23. The molecule has 0 atom stereocenters. The number of halogens is 2. The van der Waals surface area contributed by atoms with E-state index in [1.807, 2.05) is 37.4 Å². The lowest BCUT2D eigenvalue weighted by molar-refractivity contribution is 0.782. The van der Waals surface area contributed by atoms with Gasteiger partial charge >= 0.3 is 0 Å². The van der Waals surface area contributed by atoms with Crippen molar-refractivity contribution in [2.45, 2.75) is 0 Å². The highest BCUT2D eigenvalue weighted by atomic mass is 127. The number of rotatable bonds is 2. The predicted molar refractivity (Wildman–Crippen MR) is 94.0 cm³/mol. The van der Waals surface area contributed by atoms with Gasteiger partial charge in [0.2, 0.25) is 0 Å². The van der Waals surface area contributed by atoms with Gasteiger partial charge in [-0.3, -0.25) is 9.67 Å². The lowest BCUT2D eigenvalue weighted by atomic mass is 10.0. The summed E-state index contributed by atoms with van der Waals surface area (Å²) in [5, 5.41) is 5.23. The second-order valence-electron chi connectivity index (χ2n) is 4.60. The first-order valence-corrected chi connectivity index (χ1v) is 7.72. The molecular formula is C15H12ClIN4. The molecule has 0 spiro atoms. The molecule has 2 N–H and O–H groups in total. The maximum atomic E-state index is 6.20. The van der Waals surface area contributed by atoms with E-state index in [0.717, 1.165) is 26.0 Å². The van der Waals surface area contributed by atoms with Crippen LogP contribution >= 0.6 is 34.2 Å². The number of hydrogen-bond acceptors (Lipinski definition) is 3. The zero-order chi connectivity index (χ0) is 15.0. The molecule has 0 aliphatic heterocycles. The molecule has 6 heteroatoms. The van der Waals surface area contributed by atoms with E-state index in [2.05, 4.69) is 32.7 Å². The molecule has 0 fully saturated rings. The quantitative estimate of drug-likeness (QED) is 0.650. The van der Waals surface area contributed by atoms with Crippen LogP contribution in [0.1, 0.15) is 0 Å². The highest BCUT2D eigenvalue weighted by Gasteiger charge is 2.19. The van der Waals surface area contributed by atoms with E-state index in [4.69, 9.17) is 17.3 Å². The summed E-state index contributed by atoms with van der Waals surface area (Å²) < 4.78 is 2.74. The molecule has 0 bridgehead atoms. The summed E-state index contributed by atoms with van der Waals surface area (Å²) in [6.07, 6.45) is 3.52. The molecule has 4 nitrogen and oxygen atoms in total. The molecule has 0 radical (unpaired) electrons. The Labute approximate surface area is 141 Å². The van der Waals surface area contributed by atoms with Crippen LogP contribution in [-0.4, -0.2) is 14.8 Å². The fourth-order valence-corrected chi connectivity index (χ4v) is 2.96. The first-order chi connectivity index (χ1) is 10.1. The van der Waals surface area contributed by atoms with Crippen molar-refractivity contribution in [2.75, 3.05) is 5.73 Å². The van der Waals surface area contributed by atoms with E-state index in [0.29, 0.717) is 10.8 Å². The summed E-state index contributed by atoms with van der Waals surface area (Å²) in [6, 6.07) is 9.60. The van der Waals surface area contributed by atoms with E-state index in [9.17, 15) is 0 Å². The van der Waals surface area contributed by atoms with Crippen molar-refractivity contribution in [3.63, 3.8) is 0 Å². The number of hydrogen-bond donors (Lipinski definition) is 1. The maximum absolute atomic E-state index is 6.20. The van der Waals surface area contributed by atoms with E-state index in [-0.39, 0.29) is 0 Å². The number of benzene rings is 1. The lowest BCUT2D eigenvalue weighted by Gasteiger charge is -2.06. The van der Waals surface area contributed by atoms with Crippen LogP contribution < -0.4 is 5.73 Å². The van der Waals surface area contributed by atoms with Crippen LogP contribution in [0.4, 0.5) is 5.82 Å². The van der Waals surface area contributed by atoms with Crippen molar-refractivity contribution in [1.29, 1.82) is 0 Å². The topological polar surface area (TPSA) is 56.7 Å². The van der Waals surface area contributed by atoms with Gasteiger partial charge in [0.05, 0.1) is 5.56 Å². The van der Waals surface area contributed by atoms with Crippen LogP contribution in [0.25, 0.3) is 22.4 Å². The number of pyridine rings is 1. The molecule has 0 aliphatic carbocycles. The molecule has 2 heterocycles. The van der Waals surface area contributed by atoms with Crippen molar-refractivity contribution >= 4 is 40.0 Å². The molecule has 0 aliphatic rings. The van der Waals surface area contributed by atoms with Crippen molar-refractivity contribution in [3.8, 4) is 22.4 Å². The van der Waals surface area contributed by atoms with Crippen LogP contribution in [0.3, 0.4) is 0 Å². The van der Waals surface area contributed by atoms with Gasteiger partial charge in [0.1, 0.15) is 11.5 Å². The molecule has 3 aromatic rings. The van der Waals surface area contributed by atoms with Crippen molar-refractivity contribution in [1.82, 2.24) is 14.8 Å². The molecule has 0 saturated carbocycles. The van der Waals surface area contributed by atoms with Gasteiger partial charge in [-0.15, -0.1) is 0 Å². The zero-order valence-electron chi connectivity index (χ0n) is 11.2. The van der Waals surface area contributed by atoms with Crippen molar-refractivity contribution in [2.24, 2.45) is 7.05 Å². The number of nitrogens with two attached hydrogens (primary N) is 1. The van der Waals surface area contributed by atoms with Crippen molar-refractivity contribution in [3.05, 3.63) is 51.3 Å². The summed E-state index contributed by atoms with van der Waals surface area (Å²) in [5.41, 5.74) is 9.80. The maximum Gasteiger partial charge on any atom is 0.129 e. The highest BCUT2D eigenvalue weighted by molar-refractivity contribution is 14.1. The van der Waals surface area contributed by atoms with Crippen LogP contribution in [0.5, 0.6) is 0 Å². The first-order valence-electron chi connectivity index (χ1n) is 6.26. The van der Waals surface area contributed by atoms with Gasteiger partial charge in [0.15, 0.2) is 0 Å². The van der Waals surface area contributed by atoms with Crippen LogP contribution in [0.2, 0.25) is 5.02 Å². The van der Waals surface area contributed by atoms with Gasteiger partial charge in [-0.25, -0.2) is 0 Å². The third kappa shape index (κ3) is 2.63. The zero-order valence-corrected chi connectivity index (χ0v) is 14.1. The van der Waals surface area contributed by atoms with E-state index in [1.165, 1.54) is 0 Å². The Morgan fingerprint density at radius 1 is 1.29 bits per heavy atom. The Hall–Kier alpha value is -1.60. The molecule has 21 heavy (non-hydrogen) atoms.